The third-order valence-electron chi connectivity index (χ3n) is 3.39. The maximum atomic E-state index is 12.2. The lowest BCUT2D eigenvalue weighted by molar-refractivity contribution is -0.137. The molecule has 0 radical (unpaired) electrons. The van der Waals surface area contributed by atoms with E-state index in [1.807, 2.05) is 6.92 Å². The fourth-order valence-corrected chi connectivity index (χ4v) is 3.52. The predicted octanol–water partition coefficient (Wildman–Crippen LogP) is 2.19. The van der Waals surface area contributed by atoms with Crippen LogP contribution in [0, 0.1) is 6.92 Å². The molecule has 2 N–H and O–H groups in total. The van der Waals surface area contributed by atoms with E-state index >= 15 is 0 Å². The third-order valence-corrected chi connectivity index (χ3v) is 4.41. The maximum absolute atomic E-state index is 12.2. The molecule has 0 saturated heterocycles. The largest absolute Gasteiger partial charge is 0.481 e. The third kappa shape index (κ3) is 2.28. The summed E-state index contributed by atoms with van der Waals surface area (Å²) in [5.74, 6) is 0.0915. The van der Waals surface area contributed by atoms with Gasteiger partial charge in [-0.3, -0.25) is 9.59 Å². The van der Waals surface area contributed by atoms with Crippen molar-refractivity contribution in [2.75, 3.05) is 0 Å². The first kappa shape index (κ1) is 12.3. The van der Waals surface area contributed by atoms with E-state index in [0.29, 0.717) is 17.1 Å². The van der Waals surface area contributed by atoms with Crippen LogP contribution in [0.25, 0.3) is 10.2 Å². The van der Waals surface area contributed by atoms with Gasteiger partial charge in [-0.05, 0) is 31.2 Å². The van der Waals surface area contributed by atoms with Crippen molar-refractivity contribution < 1.29 is 9.90 Å². The summed E-state index contributed by atoms with van der Waals surface area (Å²) in [7, 11) is 0. The Labute approximate surface area is 113 Å². The second-order valence-corrected chi connectivity index (χ2v) is 6.14. The molecule has 0 bridgehead atoms. The monoisotopic (exact) mass is 278 g/mol. The van der Waals surface area contributed by atoms with Crippen molar-refractivity contribution in [1.29, 1.82) is 0 Å². The SMILES string of the molecule is Cc1sc2nc(CCC(=O)O)[nH]c(=O)c2c1C1CC1. The molecule has 1 aliphatic carbocycles. The second-order valence-electron chi connectivity index (χ2n) is 4.93. The number of H-pyrrole nitrogens is 1. The zero-order valence-electron chi connectivity index (χ0n) is 10.5. The number of carbonyl (C=O) groups is 1. The first-order valence-corrected chi connectivity index (χ1v) is 7.12. The molecule has 1 aliphatic rings. The van der Waals surface area contributed by atoms with Gasteiger partial charge in [-0.15, -0.1) is 11.3 Å². The number of carboxylic acid groups (broad SMARTS) is 1. The number of nitrogens with zero attached hydrogens (tertiary/aromatic N) is 1. The number of rotatable bonds is 4. The highest BCUT2D eigenvalue weighted by Crippen LogP contribution is 2.46. The lowest BCUT2D eigenvalue weighted by Gasteiger charge is -2.00. The van der Waals surface area contributed by atoms with Gasteiger partial charge in [0.05, 0.1) is 11.8 Å². The van der Waals surface area contributed by atoms with Crippen molar-refractivity contribution in [3.05, 3.63) is 26.6 Å². The minimum atomic E-state index is -0.885. The summed E-state index contributed by atoms with van der Waals surface area (Å²) in [5.41, 5.74) is 1.02. The highest BCUT2D eigenvalue weighted by Gasteiger charge is 2.30. The van der Waals surface area contributed by atoms with Crippen LogP contribution in [-0.2, 0) is 11.2 Å². The van der Waals surface area contributed by atoms with Gasteiger partial charge in [0, 0.05) is 11.3 Å². The topological polar surface area (TPSA) is 83.0 Å². The summed E-state index contributed by atoms with van der Waals surface area (Å²) in [6.07, 6.45) is 2.53. The Morgan fingerprint density at radius 2 is 2.26 bits per heavy atom. The summed E-state index contributed by atoms with van der Waals surface area (Å²) in [6.45, 7) is 2.02. The quantitative estimate of drug-likeness (QED) is 0.898. The molecule has 6 heteroatoms. The first-order valence-electron chi connectivity index (χ1n) is 6.30. The lowest BCUT2D eigenvalue weighted by atomic mass is 10.1. The van der Waals surface area contributed by atoms with Gasteiger partial charge in [0.15, 0.2) is 0 Å². The van der Waals surface area contributed by atoms with Crippen LogP contribution in [-0.4, -0.2) is 21.0 Å². The summed E-state index contributed by atoms with van der Waals surface area (Å²) in [4.78, 5) is 31.7. The van der Waals surface area contributed by atoms with Gasteiger partial charge in [0.2, 0.25) is 0 Å². The Hall–Kier alpha value is -1.69. The van der Waals surface area contributed by atoms with E-state index in [1.165, 1.54) is 11.3 Å². The number of fused-ring (bicyclic) bond motifs is 1. The molecule has 0 aliphatic heterocycles. The van der Waals surface area contributed by atoms with Crippen LogP contribution >= 0.6 is 11.3 Å². The minimum absolute atomic E-state index is 0.0196. The summed E-state index contributed by atoms with van der Waals surface area (Å²) in [6, 6.07) is 0. The smallest absolute Gasteiger partial charge is 0.303 e. The Balaban J connectivity index is 2.07. The number of hydrogen-bond donors (Lipinski definition) is 2. The Morgan fingerprint density at radius 3 is 2.89 bits per heavy atom. The number of aromatic amines is 1. The van der Waals surface area contributed by atoms with E-state index < -0.39 is 5.97 Å². The van der Waals surface area contributed by atoms with Gasteiger partial charge in [-0.1, -0.05) is 0 Å². The normalized spacial score (nSPS) is 15.0. The molecule has 19 heavy (non-hydrogen) atoms. The summed E-state index contributed by atoms with van der Waals surface area (Å²) in [5, 5.41) is 9.38. The van der Waals surface area contributed by atoms with E-state index in [2.05, 4.69) is 9.97 Å². The molecule has 1 saturated carbocycles. The molecular weight excluding hydrogens is 264 g/mol. The molecule has 0 atom stereocenters. The van der Waals surface area contributed by atoms with Gasteiger partial charge in [-0.2, -0.15) is 0 Å². The van der Waals surface area contributed by atoms with Crippen molar-refractivity contribution in [1.82, 2.24) is 9.97 Å². The van der Waals surface area contributed by atoms with Crippen LogP contribution in [0.2, 0.25) is 0 Å². The van der Waals surface area contributed by atoms with Gasteiger partial charge < -0.3 is 10.1 Å². The van der Waals surface area contributed by atoms with E-state index in [0.717, 1.165) is 28.1 Å². The number of aromatic nitrogens is 2. The van der Waals surface area contributed by atoms with Crippen molar-refractivity contribution in [2.24, 2.45) is 0 Å². The summed E-state index contributed by atoms with van der Waals surface area (Å²) < 4.78 is 0. The van der Waals surface area contributed by atoms with Gasteiger partial charge in [0.1, 0.15) is 10.7 Å². The van der Waals surface area contributed by atoms with Crippen LogP contribution in [0.1, 0.15) is 41.4 Å². The Bertz CT molecular complexity index is 712. The maximum Gasteiger partial charge on any atom is 0.303 e. The zero-order valence-corrected chi connectivity index (χ0v) is 11.3. The number of carboxylic acids is 1. The summed E-state index contributed by atoms with van der Waals surface area (Å²) >= 11 is 1.53. The van der Waals surface area contributed by atoms with Gasteiger partial charge >= 0.3 is 5.97 Å². The van der Waals surface area contributed by atoms with E-state index in [4.69, 9.17) is 5.11 Å². The molecule has 2 aromatic heterocycles. The molecule has 3 rings (SSSR count). The Kier molecular flexibility index (Phi) is 2.89. The Morgan fingerprint density at radius 1 is 1.53 bits per heavy atom. The second kappa shape index (κ2) is 4.45. The van der Waals surface area contributed by atoms with Crippen LogP contribution < -0.4 is 5.56 Å². The van der Waals surface area contributed by atoms with Crippen LogP contribution in [0.3, 0.4) is 0 Å². The molecule has 5 nitrogen and oxygen atoms in total. The average molecular weight is 278 g/mol. The highest BCUT2D eigenvalue weighted by molar-refractivity contribution is 7.18. The highest BCUT2D eigenvalue weighted by atomic mass is 32.1. The fraction of sp³-hybridized carbons (Fsp3) is 0.462. The van der Waals surface area contributed by atoms with Crippen molar-refractivity contribution >= 4 is 27.5 Å². The number of hydrogen-bond acceptors (Lipinski definition) is 4. The molecule has 0 amide bonds. The first-order chi connectivity index (χ1) is 9.06. The standard InChI is InChI=1S/C13H14N2O3S/c1-6-10(7-2-3-7)11-12(18)14-8(4-5-9(16)17)15-13(11)19-6/h7H,2-5H2,1H3,(H,16,17)(H,14,15,18). The van der Waals surface area contributed by atoms with Gasteiger partial charge in [0.25, 0.3) is 5.56 Å². The number of aryl methyl sites for hydroxylation is 2. The number of thiophene rings is 1. The van der Waals surface area contributed by atoms with E-state index in [1.54, 1.807) is 0 Å². The molecule has 1 fully saturated rings. The minimum Gasteiger partial charge on any atom is -0.481 e. The molecule has 100 valence electrons. The molecule has 2 heterocycles. The van der Waals surface area contributed by atoms with Crippen LogP contribution in [0.15, 0.2) is 4.79 Å². The van der Waals surface area contributed by atoms with E-state index in [9.17, 15) is 9.59 Å². The number of nitrogens with one attached hydrogen (secondary N) is 1. The van der Waals surface area contributed by atoms with E-state index in [-0.39, 0.29) is 18.4 Å². The molecule has 0 spiro atoms. The lowest BCUT2D eigenvalue weighted by Crippen LogP contribution is -2.13. The molecular formula is C13H14N2O3S. The molecule has 2 aromatic rings. The van der Waals surface area contributed by atoms with Crippen molar-refractivity contribution in [3.8, 4) is 0 Å². The zero-order chi connectivity index (χ0) is 13.6. The van der Waals surface area contributed by atoms with Crippen LogP contribution in [0.4, 0.5) is 0 Å². The molecule has 0 unspecified atom stereocenters. The van der Waals surface area contributed by atoms with Crippen molar-refractivity contribution in [2.45, 2.75) is 38.5 Å². The van der Waals surface area contributed by atoms with Gasteiger partial charge in [-0.25, -0.2) is 4.98 Å². The predicted molar refractivity (Wildman–Crippen MR) is 72.9 cm³/mol. The van der Waals surface area contributed by atoms with Crippen LogP contribution in [0.5, 0.6) is 0 Å². The van der Waals surface area contributed by atoms with Crippen molar-refractivity contribution in [3.63, 3.8) is 0 Å². The fourth-order valence-electron chi connectivity index (χ4n) is 2.39. The average Bonchev–Trinajstić information content (AvgIpc) is 3.10. The number of aliphatic carboxylic acids is 1. The molecule has 0 aromatic carbocycles.